The molecule has 0 amide bonds. The van der Waals surface area contributed by atoms with Crippen molar-refractivity contribution in [3.63, 3.8) is 0 Å². The van der Waals surface area contributed by atoms with Crippen LogP contribution in [-0.4, -0.2) is 4.98 Å². The van der Waals surface area contributed by atoms with E-state index in [0.29, 0.717) is 9.40 Å². The van der Waals surface area contributed by atoms with Crippen molar-refractivity contribution in [2.75, 3.05) is 0 Å². The first-order chi connectivity index (χ1) is 6.63. The van der Waals surface area contributed by atoms with Gasteiger partial charge >= 0.3 is 0 Å². The Kier molecular flexibility index (Phi) is 2.45. The first kappa shape index (κ1) is 9.87. The molecule has 2 aromatic heterocycles. The third-order valence-corrected chi connectivity index (χ3v) is 4.53. The Bertz CT molecular complexity index is 610. The molecule has 0 radical (unpaired) electrons. The fraction of sp³-hybridized carbons (Fsp3) is 0. The molecule has 0 spiro atoms. The molecule has 3 nitrogen and oxygen atoms in total. The first-order valence-corrected chi connectivity index (χ1v) is 5.71. The van der Waals surface area contributed by atoms with Gasteiger partial charge in [0.25, 0.3) is 4.06 Å². The average molecular weight is 263 g/mol. The highest BCUT2D eigenvalue weighted by Gasteiger charge is 2.14. The van der Waals surface area contributed by atoms with Crippen molar-refractivity contribution in [2.45, 2.75) is 0 Å². The van der Waals surface area contributed by atoms with E-state index in [0.717, 1.165) is 22.7 Å². The Labute approximate surface area is 96.1 Å². The SMILES string of the molecule is N#Cc1nc(Cl)c2sc(=O)sc2c1Cl. The molecule has 7 heteroatoms. The minimum atomic E-state index is -0.110. The van der Waals surface area contributed by atoms with E-state index in [2.05, 4.69) is 4.98 Å². The van der Waals surface area contributed by atoms with Gasteiger partial charge in [-0.25, -0.2) is 4.98 Å². The summed E-state index contributed by atoms with van der Waals surface area (Å²) in [7, 11) is 0. The van der Waals surface area contributed by atoms with E-state index >= 15 is 0 Å². The van der Waals surface area contributed by atoms with E-state index in [1.165, 1.54) is 0 Å². The number of hydrogen-bond donors (Lipinski definition) is 0. The zero-order valence-corrected chi connectivity index (χ0v) is 9.52. The quantitative estimate of drug-likeness (QED) is 0.686. The van der Waals surface area contributed by atoms with Crippen LogP contribution in [0.5, 0.6) is 0 Å². The van der Waals surface area contributed by atoms with Crippen molar-refractivity contribution in [1.82, 2.24) is 4.98 Å². The lowest BCUT2D eigenvalue weighted by Gasteiger charge is -1.96. The summed E-state index contributed by atoms with van der Waals surface area (Å²) in [5.74, 6) is 0. The number of pyridine rings is 1. The van der Waals surface area contributed by atoms with Crippen LogP contribution in [0.2, 0.25) is 10.2 Å². The predicted octanol–water partition coefficient (Wildman–Crippen LogP) is 2.90. The molecule has 70 valence electrons. The molecule has 2 heterocycles. The second-order valence-corrected chi connectivity index (χ2v) is 5.25. The lowest BCUT2D eigenvalue weighted by molar-refractivity contribution is 1.30. The molecule has 0 fully saturated rings. The van der Waals surface area contributed by atoms with E-state index in [1.807, 2.05) is 6.07 Å². The third kappa shape index (κ3) is 1.41. The molecule has 0 bridgehead atoms. The normalized spacial score (nSPS) is 10.4. The molecule has 0 atom stereocenters. The zero-order chi connectivity index (χ0) is 10.3. The predicted molar refractivity (Wildman–Crippen MR) is 58.5 cm³/mol. The fourth-order valence-corrected chi connectivity index (χ4v) is 3.59. The fourth-order valence-electron chi connectivity index (χ4n) is 0.940. The van der Waals surface area contributed by atoms with Gasteiger partial charge in [0.2, 0.25) is 0 Å². The van der Waals surface area contributed by atoms with Crippen molar-refractivity contribution in [2.24, 2.45) is 0 Å². The number of fused-ring (bicyclic) bond motifs is 1. The van der Waals surface area contributed by atoms with Gasteiger partial charge in [0, 0.05) is 0 Å². The van der Waals surface area contributed by atoms with Crippen molar-refractivity contribution >= 4 is 55.3 Å². The Morgan fingerprint density at radius 2 is 1.93 bits per heavy atom. The van der Waals surface area contributed by atoms with Gasteiger partial charge in [0.15, 0.2) is 5.69 Å². The van der Waals surface area contributed by atoms with E-state index in [9.17, 15) is 4.79 Å². The molecular formula is C7Cl2N2OS2. The lowest BCUT2D eigenvalue weighted by atomic mass is 10.4. The number of aromatic nitrogens is 1. The molecule has 0 saturated carbocycles. The van der Waals surface area contributed by atoms with Crippen LogP contribution in [0.3, 0.4) is 0 Å². The van der Waals surface area contributed by atoms with Crippen LogP contribution in [0.1, 0.15) is 5.69 Å². The number of halogens is 2. The molecule has 0 N–H and O–H groups in total. The van der Waals surface area contributed by atoms with Crippen LogP contribution < -0.4 is 4.06 Å². The maximum atomic E-state index is 11.1. The van der Waals surface area contributed by atoms with Crippen molar-refractivity contribution in [3.05, 3.63) is 24.7 Å². The standard InChI is InChI=1S/C7Cl2N2OS2/c8-3-2(1-10)11-6(9)5-4(3)13-7(12)14-5. The molecule has 0 aliphatic rings. The summed E-state index contributed by atoms with van der Waals surface area (Å²) in [6, 6.07) is 1.82. The van der Waals surface area contributed by atoms with Crippen molar-refractivity contribution in [1.29, 1.82) is 5.26 Å². The number of nitrogens with zero attached hydrogens (tertiary/aromatic N) is 2. The molecule has 0 aliphatic carbocycles. The van der Waals surface area contributed by atoms with Crippen LogP contribution in [0.15, 0.2) is 4.79 Å². The van der Waals surface area contributed by atoms with Crippen LogP contribution in [0, 0.1) is 11.3 Å². The topological polar surface area (TPSA) is 53.8 Å². The van der Waals surface area contributed by atoms with E-state index in [4.69, 9.17) is 28.5 Å². The monoisotopic (exact) mass is 262 g/mol. The molecule has 0 unspecified atom stereocenters. The summed E-state index contributed by atoms with van der Waals surface area (Å²) in [5.41, 5.74) is 0.0539. The van der Waals surface area contributed by atoms with Crippen LogP contribution in [0.25, 0.3) is 9.40 Å². The average Bonchev–Trinajstić information content (AvgIpc) is 2.54. The Morgan fingerprint density at radius 3 is 2.57 bits per heavy atom. The van der Waals surface area contributed by atoms with Gasteiger partial charge in [-0.1, -0.05) is 45.9 Å². The van der Waals surface area contributed by atoms with E-state index in [-0.39, 0.29) is 19.9 Å². The third-order valence-electron chi connectivity index (χ3n) is 1.49. The minimum absolute atomic E-state index is 0.0539. The summed E-state index contributed by atoms with van der Waals surface area (Å²) < 4.78 is 0.976. The molecule has 0 aliphatic heterocycles. The highest BCUT2D eigenvalue weighted by molar-refractivity contribution is 7.36. The maximum absolute atomic E-state index is 11.1. The number of rotatable bonds is 0. The Balaban J connectivity index is 3.02. The maximum Gasteiger partial charge on any atom is 0.288 e. The molecule has 2 rings (SSSR count). The number of hydrogen-bond acceptors (Lipinski definition) is 5. The largest absolute Gasteiger partial charge is 0.288 e. The van der Waals surface area contributed by atoms with Gasteiger partial charge < -0.3 is 0 Å². The van der Waals surface area contributed by atoms with Gasteiger partial charge in [0.1, 0.15) is 11.2 Å². The van der Waals surface area contributed by atoms with E-state index < -0.39 is 0 Å². The number of nitriles is 1. The zero-order valence-electron chi connectivity index (χ0n) is 6.38. The Hall–Kier alpha value is -0.670. The molecule has 2 aromatic rings. The van der Waals surface area contributed by atoms with Gasteiger partial charge in [-0.15, -0.1) is 0 Å². The molecular weight excluding hydrogens is 263 g/mol. The van der Waals surface area contributed by atoms with Crippen LogP contribution >= 0.6 is 45.9 Å². The van der Waals surface area contributed by atoms with Crippen molar-refractivity contribution < 1.29 is 0 Å². The highest BCUT2D eigenvalue weighted by Crippen LogP contribution is 2.34. The smallest absolute Gasteiger partial charge is 0.265 e. The lowest BCUT2D eigenvalue weighted by Crippen LogP contribution is -1.84. The first-order valence-electron chi connectivity index (χ1n) is 3.32. The summed E-state index contributed by atoms with van der Waals surface area (Å²) in [6.07, 6.45) is 0. The van der Waals surface area contributed by atoms with Gasteiger partial charge in [-0.2, -0.15) is 5.26 Å². The molecule has 14 heavy (non-hydrogen) atoms. The molecule has 0 saturated heterocycles. The van der Waals surface area contributed by atoms with Gasteiger partial charge in [-0.3, -0.25) is 4.79 Å². The summed E-state index contributed by atoms with van der Waals surface area (Å²) in [5, 5.41) is 9.04. The van der Waals surface area contributed by atoms with Crippen LogP contribution in [-0.2, 0) is 0 Å². The Morgan fingerprint density at radius 1 is 1.29 bits per heavy atom. The molecule has 0 aromatic carbocycles. The second kappa shape index (κ2) is 3.48. The van der Waals surface area contributed by atoms with Gasteiger partial charge in [0.05, 0.1) is 14.4 Å². The van der Waals surface area contributed by atoms with Crippen molar-refractivity contribution in [3.8, 4) is 6.07 Å². The summed E-state index contributed by atoms with van der Waals surface area (Å²) >= 11 is 13.6. The summed E-state index contributed by atoms with van der Waals surface area (Å²) in [6.45, 7) is 0. The summed E-state index contributed by atoms with van der Waals surface area (Å²) in [4.78, 5) is 14.9. The van der Waals surface area contributed by atoms with Gasteiger partial charge in [-0.05, 0) is 0 Å². The highest BCUT2D eigenvalue weighted by atomic mass is 35.5. The second-order valence-electron chi connectivity index (χ2n) is 2.29. The minimum Gasteiger partial charge on any atom is -0.265 e. The van der Waals surface area contributed by atoms with Crippen LogP contribution in [0.4, 0.5) is 0 Å². The van der Waals surface area contributed by atoms with E-state index in [1.54, 1.807) is 0 Å².